The second-order valence-corrected chi connectivity index (χ2v) is 6.03. The molecule has 5 heteroatoms. The summed E-state index contributed by atoms with van der Waals surface area (Å²) in [5, 5.41) is 2.96. The van der Waals surface area contributed by atoms with Gasteiger partial charge in [-0.05, 0) is 55.7 Å². The molecule has 0 saturated carbocycles. The first-order chi connectivity index (χ1) is 11.6. The monoisotopic (exact) mass is 323 g/mol. The van der Waals surface area contributed by atoms with Crippen LogP contribution in [0.1, 0.15) is 48.1 Å². The molecule has 1 aromatic heterocycles. The van der Waals surface area contributed by atoms with Gasteiger partial charge in [-0.1, -0.05) is 6.07 Å². The molecule has 1 fully saturated rings. The fourth-order valence-corrected chi connectivity index (χ4v) is 2.87. The summed E-state index contributed by atoms with van der Waals surface area (Å²) in [6.45, 7) is 2.68. The second kappa shape index (κ2) is 7.25. The zero-order chi connectivity index (χ0) is 16.9. The lowest BCUT2D eigenvalue weighted by atomic mass is 10.1. The van der Waals surface area contributed by atoms with E-state index in [4.69, 9.17) is 0 Å². The third kappa shape index (κ3) is 3.62. The maximum absolute atomic E-state index is 12.4. The topological polar surface area (TPSA) is 62.3 Å². The van der Waals surface area contributed by atoms with E-state index < -0.39 is 0 Å². The van der Waals surface area contributed by atoms with E-state index in [1.165, 1.54) is 0 Å². The predicted molar refractivity (Wildman–Crippen MR) is 92.8 cm³/mol. The first-order valence-electron chi connectivity index (χ1n) is 8.26. The van der Waals surface area contributed by atoms with Crippen LogP contribution in [0.25, 0.3) is 0 Å². The van der Waals surface area contributed by atoms with Crippen LogP contribution in [-0.2, 0) is 4.79 Å². The summed E-state index contributed by atoms with van der Waals surface area (Å²) in [5.41, 5.74) is 2.40. The Kier molecular flexibility index (Phi) is 4.89. The summed E-state index contributed by atoms with van der Waals surface area (Å²) in [6, 6.07) is 10.9. The van der Waals surface area contributed by atoms with E-state index in [-0.39, 0.29) is 17.9 Å². The highest BCUT2D eigenvalue weighted by Crippen LogP contribution is 2.21. The van der Waals surface area contributed by atoms with Gasteiger partial charge >= 0.3 is 0 Å². The molecule has 0 spiro atoms. The Morgan fingerprint density at radius 3 is 2.67 bits per heavy atom. The van der Waals surface area contributed by atoms with Gasteiger partial charge < -0.3 is 10.2 Å². The number of piperidine rings is 1. The number of rotatable bonds is 4. The quantitative estimate of drug-likeness (QED) is 0.940. The van der Waals surface area contributed by atoms with Gasteiger partial charge in [0.1, 0.15) is 0 Å². The molecule has 2 amide bonds. The third-order valence-corrected chi connectivity index (χ3v) is 4.30. The Morgan fingerprint density at radius 1 is 1.21 bits per heavy atom. The summed E-state index contributed by atoms with van der Waals surface area (Å²) in [5.74, 6) is 0.0199. The van der Waals surface area contributed by atoms with Crippen LogP contribution in [0, 0.1) is 0 Å². The molecule has 2 heterocycles. The van der Waals surface area contributed by atoms with E-state index in [1.54, 1.807) is 29.4 Å². The van der Waals surface area contributed by atoms with Gasteiger partial charge in [-0.25, -0.2) is 0 Å². The zero-order valence-corrected chi connectivity index (χ0v) is 13.7. The molecule has 5 nitrogen and oxygen atoms in total. The molecule has 1 aromatic carbocycles. The lowest BCUT2D eigenvalue weighted by Crippen LogP contribution is -2.35. The van der Waals surface area contributed by atoms with Crippen molar-refractivity contribution in [1.29, 1.82) is 0 Å². The standard InChI is InChI=1S/C19H21N3O2/c1-14(16-5-4-11-20-13-16)21-19(24)15-7-9-17(10-8-15)22-12-3-2-6-18(22)23/h4-5,7-11,13-14H,2-3,6,12H2,1H3,(H,21,24). The second-order valence-electron chi connectivity index (χ2n) is 6.03. The van der Waals surface area contributed by atoms with Gasteiger partial charge in [0.15, 0.2) is 0 Å². The Balaban J connectivity index is 1.66. The van der Waals surface area contributed by atoms with Crippen LogP contribution in [0.4, 0.5) is 5.69 Å². The predicted octanol–water partition coefficient (Wildman–Crippen LogP) is 3.09. The number of aromatic nitrogens is 1. The molecule has 1 atom stereocenters. The van der Waals surface area contributed by atoms with E-state index in [0.717, 1.165) is 30.6 Å². The Labute approximate surface area is 141 Å². The van der Waals surface area contributed by atoms with Crippen LogP contribution in [0.15, 0.2) is 48.8 Å². The molecule has 1 unspecified atom stereocenters. The van der Waals surface area contributed by atoms with Crippen LogP contribution in [0.3, 0.4) is 0 Å². The van der Waals surface area contributed by atoms with Crippen LogP contribution in [0.2, 0.25) is 0 Å². The number of nitrogens with one attached hydrogen (secondary N) is 1. The summed E-state index contributed by atoms with van der Waals surface area (Å²) < 4.78 is 0. The lowest BCUT2D eigenvalue weighted by Gasteiger charge is -2.26. The van der Waals surface area contributed by atoms with Crippen molar-refractivity contribution < 1.29 is 9.59 Å². The van der Waals surface area contributed by atoms with E-state index in [9.17, 15) is 9.59 Å². The molecular weight excluding hydrogens is 302 g/mol. The zero-order valence-electron chi connectivity index (χ0n) is 13.7. The van der Waals surface area contributed by atoms with Crippen LogP contribution in [0.5, 0.6) is 0 Å². The molecule has 24 heavy (non-hydrogen) atoms. The normalized spacial score (nSPS) is 15.9. The number of carbonyl (C=O) groups is 2. The van der Waals surface area contributed by atoms with Crippen molar-refractivity contribution in [2.45, 2.75) is 32.2 Å². The summed E-state index contributed by atoms with van der Waals surface area (Å²) in [7, 11) is 0. The maximum atomic E-state index is 12.4. The molecule has 1 aliphatic rings. The van der Waals surface area contributed by atoms with Crippen LogP contribution < -0.4 is 10.2 Å². The number of anilines is 1. The highest BCUT2D eigenvalue weighted by molar-refractivity contribution is 5.97. The summed E-state index contributed by atoms with van der Waals surface area (Å²) >= 11 is 0. The van der Waals surface area contributed by atoms with Gasteiger partial charge in [0.05, 0.1) is 6.04 Å². The van der Waals surface area contributed by atoms with Crippen molar-refractivity contribution in [3.8, 4) is 0 Å². The van der Waals surface area contributed by atoms with Crippen LogP contribution >= 0.6 is 0 Å². The lowest BCUT2D eigenvalue weighted by molar-refractivity contribution is -0.119. The molecule has 1 saturated heterocycles. The maximum Gasteiger partial charge on any atom is 0.251 e. The van der Waals surface area contributed by atoms with E-state index >= 15 is 0 Å². The first-order valence-corrected chi connectivity index (χ1v) is 8.26. The van der Waals surface area contributed by atoms with Crippen molar-refractivity contribution >= 4 is 17.5 Å². The molecule has 124 valence electrons. The van der Waals surface area contributed by atoms with E-state index in [2.05, 4.69) is 10.3 Å². The summed E-state index contributed by atoms with van der Waals surface area (Å²) in [6.07, 6.45) is 6.04. The van der Waals surface area contributed by atoms with Gasteiger partial charge in [-0.15, -0.1) is 0 Å². The number of hydrogen-bond acceptors (Lipinski definition) is 3. The molecule has 0 bridgehead atoms. The minimum atomic E-state index is -0.136. The average molecular weight is 323 g/mol. The molecule has 0 radical (unpaired) electrons. The smallest absolute Gasteiger partial charge is 0.251 e. The number of carbonyl (C=O) groups excluding carboxylic acids is 2. The van der Waals surface area contributed by atoms with Crippen molar-refractivity contribution in [2.75, 3.05) is 11.4 Å². The van der Waals surface area contributed by atoms with E-state index in [0.29, 0.717) is 12.0 Å². The Morgan fingerprint density at radius 2 is 2.00 bits per heavy atom. The summed E-state index contributed by atoms with van der Waals surface area (Å²) in [4.78, 5) is 30.2. The van der Waals surface area contributed by atoms with Gasteiger partial charge in [-0.2, -0.15) is 0 Å². The third-order valence-electron chi connectivity index (χ3n) is 4.30. The Bertz CT molecular complexity index is 713. The SMILES string of the molecule is CC(NC(=O)c1ccc(N2CCCCC2=O)cc1)c1cccnc1. The fraction of sp³-hybridized carbons (Fsp3) is 0.316. The number of pyridine rings is 1. The van der Waals surface area contributed by atoms with Gasteiger partial charge in [-0.3, -0.25) is 14.6 Å². The van der Waals surface area contributed by atoms with Gasteiger partial charge in [0.2, 0.25) is 5.91 Å². The molecule has 1 aliphatic heterocycles. The fourth-order valence-electron chi connectivity index (χ4n) is 2.87. The first kappa shape index (κ1) is 16.2. The van der Waals surface area contributed by atoms with Gasteiger partial charge in [0.25, 0.3) is 5.91 Å². The van der Waals surface area contributed by atoms with Crippen molar-refractivity contribution in [3.63, 3.8) is 0 Å². The minimum Gasteiger partial charge on any atom is -0.345 e. The van der Waals surface area contributed by atoms with E-state index in [1.807, 2.05) is 31.2 Å². The number of benzene rings is 1. The molecular formula is C19H21N3O2. The average Bonchev–Trinajstić information content (AvgIpc) is 2.63. The number of nitrogens with zero attached hydrogens (tertiary/aromatic N) is 2. The number of hydrogen-bond donors (Lipinski definition) is 1. The van der Waals surface area contributed by atoms with Crippen molar-refractivity contribution in [1.82, 2.24) is 10.3 Å². The van der Waals surface area contributed by atoms with Crippen molar-refractivity contribution in [3.05, 3.63) is 59.9 Å². The highest BCUT2D eigenvalue weighted by Gasteiger charge is 2.20. The van der Waals surface area contributed by atoms with Gasteiger partial charge in [0, 0.05) is 36.6 Å². The molecule has 1 N–H and O–H groups in total. The molecule has 2 aromatic rings. The van der Waals surface area contributed by atoms with Crippen LogP contribution in [-0.4, -0.2) is 23.3 Å². The van der Waals surface area contributed by atoms with Crippen molar-refractivity contribution in [2.24, 2.45) is 0 Å². The minimum absolute atomic E-state index is 0.116. The molecule has 3 rings (SSSR count). The largest absolute Gasteiger partial charge is 0.345 e. The Hall–Kier alpha value is -2.69. The number of amides is 2. The highest BCUT2D eigenvalue weighted by atomic mass is 16.2. The molecule has 0 aliphatic carbocycles.